The number of amides is 1. The van der Waals surface area contributed by atoms with Gasteiger partial charge in [-0.3, -0.25) is 4.79 Å². The van der Waals surface area contributed by atoms with Gasteiger partial charge in [-0.1, -0.05) is 29.8 Å². The van der Waals surface area contributed by atoms with E-state index in [9.17, 15) is 4.79 Å². The predicted molar refractivity (Wildman–Crippen MR) is 105 cm³/mol. The van der Waals surface area contributed by atoms with Gasteiger partial charge in [0.15, 0.2) is 0 Å². The monoisotopic (exact) mass is 377 g/mol. The van der Waals surface area contributed by atoms with Crippen LogP contribution in [0.25, 0.3) is 0 Å². The van der Waals surface area contributed by atoms with Crippen molar-refractivity contribution in [1.82, 2.24) is 9.97 Å². The molecule has 1 amide bonds. The maximum atomic E-state index is 12.2. The highest BCUT2D eigenvalue weighted by atomic mass is 35.5. The summed E-state index contributed by atoms with van der Waals surface area (Å²) in [6, 6.07) is 16.4. The first-order valence-electron chi connectivity index (χ1n) is 8.26. The third-order valence-corrected chi connectivity index (χ3v) is 3.98. The number of rotatable bonds is 6. The smallest absolute Gasteiger partial charge is 0.258 e. The molecular weight excluding hydrogens is 362 g/mol. The Morgan fingerprint density at radius 3 is 2.63 bits per heavy atom. The minimum absolute atomic E-state index is 0.331. The number of nitriles is 1. The molecule has 0 fully saturated rings. The number of nitrogens with one attached hydrogen (secondary N) is 2. The molecule has 0 spiro atoms. The lowest BCUT2D eigenvalue weighted by atomic mass is 10.1. The van der Waals surface area contributed by atoms with Gasteiger partial charge in [0, 0.05) is 29.6 Å². The Kier molecular flexibility index (Phi) is 5.98. The Morgan fingerprint density at radius 2 is 1.89 bits per heavy atom. The topological polar surface area (TPSA) is 90.7 Å². The van der Waals surface area contributed by atoms with Gasteiger partial charge < -0.3 is 10.6 Å². The molecule has 27 heavy (non-hydrogen) atoms. The molecule has 6 nitrogen and oxygen atoms in total. The van der Waals surface area contributed by atoms with Gasteiger partial charge in [-0.05, 0) is 42.3 Å². The van der Waals surface area contributed by atoms with Crippen LogP contribution in [0.4, 0.5) is 11.6 Å². The van der Waals surface area contributed by atoms with E-state index in [2.05, 4.69) is 20.6 Å². The molecule has 2 N–H and O–H groups in total. The standard InChI is InChI=1S/C20H16ClN5O/c21-17-5-1-3-14(9-17)7-8-23-20-24-12-16(13-25-20)19(27)26-18-6-2-4-15(10-18)11-22/h1-6,9-10,12-13H,7-8H2,(H,26,27)(H,23,24,25). The summed E-state index contributed by atoms with van der Waals surface area (Å²) in [6.45, 7) is 0.646. The number of hydrogen-bond acceptors (Lipinski definition) is 5. The highest BCUT2D eigenvalue weighted by molar-refractivity contribution is 6.30. The third-order valence-electron chi connectivity index (χ3n) is 3.75. The fourth-order valence-electron chi connectivity index (χ4n) is 2.42. The highest BCUT2D eigenvalue weighted by Crippen LogP contribution is 2.13. The molecule has 3 aromatic rings. The molecule has 0 aliphatic heterocycles. The van der Waals surface area contributed by atoms with Crippen LogP contribution < -0.4 is 10.6 Å². The van der Waals surface area contributed by atoms with Gasteiger partial charge in [0.25, 0.3) is 5.91 Å². The first-order valence-corrected chi connectivity index (χ1v) is 8.64. The molecule has 0 radical (unpaired) electrons. The lowest BCUT2D eigenvalue weighted by Crippen LogP contribution is -2.14. The van der Waals surface area contributed by atoms with Gasteiger partial charge in [0.1, 0.15) is 0 Å². The molecule has 0 unspecified atom stereocenters. The van der Waals surface area contributed by atoms with Crippen molar-refractivity contribution in [2.24, 2.45) is 0 Å². The van der Waals surface area contributed by atoms with Crippen molar-refractivity contribution in [3.63, 3.8) is 0 Å². The van der Waals surface area contributed by atoms with E-state index in [0.29, 0.717) is 34.3 Å². The van der Waals surface area contributed by atoms with Crippen molar-refractivity contribution >= 4 is 29.1 Å². The van der Waals surface area contributed by atoms with Crippen LogP contribution in [0.1, 0.15) is 21.5 Å². The first kappa shape index (κ1) is 18.4. The van der Waals surface area contributed by atoms with Gasteiger partial charge in [-0.15, -0.1) is 0 Å². The second-order valence-corrected chi connectivity index (χ2v) is 6.19. The Balaban J connectivity index is 1.54. The number of carbonyl (C=O) groups is 1. The second kappa shape index (κ2) is 8.79. The van der Waals surface area contributed by atoms with Crippen LogP contribution >= 0.6 is 11.6 Å². The van der Waals surface area contributed by atoms with E-state index in [-0.39, 0.29) is 5.91 Å². The number of benzene rings is 2. The van der Waals surface area contributed by atoms with Crippen LogP contribution in [-0.4, -0.2) is 22.4 Å². The van der Waals surface area contributed by atoms with Crippen LogP contribution in [0.15, 0.2) is 60.9 Å². The van der Waals surface area contributed by atoms with Crippen LogP contribution in [-0.2, 0) is 6.42 Å². The van der Waals surface area contributed by atoms with Crippen molar-refractivity contribution in [2.75, 3.05) is 17.2 Å². The van der Waals surface area contributed by atoms with E-state index in [1.165, 1.54) is 12.4 Å². The Morgan fingerprint density at radius 1 is 1.11 bits per heavy atom. The molecule has 0 aliphatic carbocycles. The minimum atomic E-state index is -0.337. The fourth-order valence-corrected chi connectivity index (χ4v) is 2.63. The zero-order chi connectivity index (χ0) is 19.1. The molecule has 1 aromatic heterocycles. The van der Waals surface area contributed by atoms with E-state index in [0.717, 1.165) is 12.0 Å². The third kappa shape index (κ3) is 5.27. The Bertz CT molecular complexity index is 982. The molecule has 0 saturated heterocycles. The van der Waals surface area contributed by atoms with E-state index in [4.69, 9.17) is 16.9 Å². The zero-order valence-electron chi connectivity index (χ0n) is 14.3. The van der Waals surface area contributed by atoms with Gasteiger partial charge >= 0.3 is 0 Å². The van der Waals surface area contributed by atoms with Gasteiger partial charge in [-0.2, -0.15) is 5.26 Å². The van der Waals surface area contributed by atoms with Crippen molar-refractivity contribution in [3.05, 3.63) is 82.6 Å². The lowest BCUT2D eigenvalue weighted by Gasteiger charge is -2.07. The number of aromatic nitrogens is 2. The molecule has 2 aromatic carbocycles. The Hall–Kier alpha value is -3.43. The molecule has 0 atom stereocenters. The van der Waals surface area contributed by atoms with E-state index in [1.54, 1.807) is 24.3 Å². The van der Waals surface area contributed by atoms with Gasteiger partial charge in [0.2, 0.25) is 5.95 Å². The number of hydrogen-bond donors (Lipinski definition) is 2. The number of anilines is 2. The van der Waals surface area contributed by atoms with Gasteiger partial charge in [0.05, 0.1) is 17.2 Å². The molecule has 0 aliphatic rings. The zero-order valence-corrected chi connectivity index (χ0v) is 15.1. The minimum Gasteiger partial charge on any atom is -0.354 e. The van der Waals surface area contributed by atoms with Crippen molar-refractivity contribution in [1.29, 1.82) is 5.26 Å². The summed E-state index contributed by atoms with van der Waals surface area (Å²) in [6.07, 6.45) is 3.69. The molecule has 0 bridgehead atoms. The molecule has 134 valence electrons. The molecule has 0 saturated carbocycles. The second-order valence-electron chi connectivity index (χ2n) is 5.75. The molecular formula is C20H16ClN5O. The fraction of sp³-hybridized carbons (Fsp3) is 0.100. The van der Waals surface area contributed by atoms with E-state index >= 15 is 0 Å². The number of halogens is 1. The van der Waals surface area contributed by atoms with E-state index in [1.807, 2.05) is 30.3 Å². The number of carbonyl (C=O) groups excluding carboxylic acids is 1. The number of nitrogens with zero attached hydrogens (tertiary/aromatic N) is 3. The summed E-state index contributed by atoms with van der Waals surface area (Å²) >= 11 is 5.96. The van der Waals surface area contributed by atoms with Crippen LogP contribution in [0.3, 0.4) is 0 Å². The van der Waals surface area contributed by atoms with Crippen molar-refractivity contribution in [3.8, 4) is 6.07 Å². The summed E-state index contributed by atoms with van der Waals surface area (Å²) in [5.41, 5.74) is 2.47. The normalized spacial score (nSPS) is 10.1. The highest BCUT2D eigenvalue weighted by Gasteiger charge is 2.08. The first-order chi connectivity index (χ1) is 13.1. The molecule has 1 heterocycles. The molecule has 3 rings (SSSR count). The lowest BCUT2D eigenvalue weighted by molar-refractivity contribution is 0.102. The van der Waals surface area contributed by atoms with E-state index < -0.39 is 0 Å². The SMILES string of the molecule is N#Cc1cccc(NC(=O)c2cnc(NCCc3cccc(Cl)c3)nc2)c1. The maximum Gasteiger partial charge on any atom is 0.258 e. The summed E-state index contributed by atoms with van der Waals surface area (Å²) in [5, 5.41) is 15.4. The van der Waals surface area contributed by atoms with Crippen LogP contribution in [0, 0.1) is 11.3 Å². The Labute approximate surface area is 161 Å². The predicted octanol–water partition coefficient (Wildman–Crippen LogP) is 3.91. The quantitative estimate of drug-likeness (QED) is 0.679. The average Bonchev–Trinajstić information content (AvgIpc) is 2.69. The average molecular weight is 378 g/mol. The summed E-state index contributed by atoms with van der Waals surface area (Å²) in [7, 11) is 0. The summed E-state index contributed by atoms with van der Waals surface area (Å²) in [5.74, 6) is 0.107. The molecule has 7 heteroatoms. The summed E-state index contributed by atoms with van der Waals surface area (Å²) in [4.78, 5) is 20.6. The van der Waals surface area contributed by atoms with Crippen LogP contribution in [0.5, 0.6) is 0 Å². The summed E-state index contributed by atoms with van der Waals surface area (Å²) < 4.78 is 0. The van der Waals surface area contributed by atoms with Crippen LogP contribution in [0.2, 0.25) is 5.02 Å². The van der Waals surface area contributed by atoms with Gasteiger partial charge in [-0.25, -0.2) is 9.97 Å². The van der Waals surface area contributed by atoms with Crippen molar-refractivity contribution in [2.45, 2.75) is 6.42 Å². The largest absolute Gasteiger partial charge is 0.354 e. The maximum absolute atomic E-state index is 12.2. The van der Waals surface area contributed by atoms with Crippen molar-refractivity contribution < 1.29 is 4.79 Å².